The second kappa shape index (κ2) is 6.56. The van der Waals surface area contributed by atoms with Crippen LogP contribution in [0.1, 0.15) is 39.5 Å². The van der Waals surface area contributed by atoms with Crippen molar-refractivity contribution >= 4 is 11.7 Å². The summed E-state index contributed by atoms with van der Waals surface area (Å²) in [6, 6.07) is -0.0501. The Hall–Kier alpha value is -1.82. The molecule has 2 aliphatic rings. The van der Waals surface area contributed by atoms with Gasteiger partial charge < -0.3 is 16.1 Å². The van der Waals surface area contributed by atoms with E-state index in [1.807, 2.05) is 6.20 Å². The van der Waals surface area contributed by atoms with Gasteiger partial charge in [-0.15, -0.1) is 0 Å². The van der Waals surface area contributed by atoms with E-state index in [-0.39, 0.29) is 11.9 Å². The standard InChI is InChI=1S/C14H23N5O/c1-9-6-7-16-13(8-9)18-12-5-3-4-11(14(12)19-15)17-10(2)20/h6-7,9,11,19H,3-5,8,15H2,1-2H3,(H,16,18)(H,17,20). The van der Waals surface area contributed by atoms with Crippen LogP contribution in [0.5, 0.6) is 0 Å². The molecule has 5 N–H and O–H groups in total. The zero-order valence-electron chi connectivity index (χ0n) is 12.1. The van der Waals surface area contributed by atoms with Crippen molar-refractivity contribution in [2.75, 3.05) is 0 Å². The summed E-state index contributed by atoms with van der Waals surface area (Å²) in [5, 5.41) is 6.30. The van der Waals surface area contributed by atoms with Crippen LogP contribution in [0.3, 0.4) is 0 Å². The summed E-state index contributed by atoms with van der Waals surface area (Å²) in [5.41, 5.74) is 4.62. The SMILES string of the molecule is CC(=O)NC1CCCC(NC2=NC=CC(C)C2)=C1NN. The molecule has 20 heavy (non-hydrogen) atoms. The molecule has 0 radical (unpaired) electrons. The molecule has 1 heterocycles. The number of nitrogens with two attached hydrogens (primary N) is 1. The zero-order chi connectivity index (χ0) is 14.5. The van der Waals surface area contributed by atoms with Crippen molar-refractivity contribution in [2.24, 2.45) is 16.8 Å². The molecule has 1 amide bonds. The molecule has 1 aliphatic carbocycles. The summed E-state index contributed by atoms with van der Waals surface area (Å²) in [6.45, 7) is 3.68. The molecule has 0 bridgehead atoms. The number of rotatable bonds is 3. The maximum Gasteiger partial charge on any atom is 0.217 e. The maximum atomic E-state index is 11.3. The Morgan fingerprint density at radius 1 is 1.50 bits per heavy atom. The summed E-state index contributed by atoms with van der Waals surface area (Å²) in [5.74, 6) is 7.03. The molecule has 2 rings (SSSR count). The normalized spacial score (nSPS) is 26.1. The minimum absolute atomic E-state index is 0.0458. The van der Waals surface area contributed by atoms with Crippen molar-refractivity contribution in [1.82, 2.24) is 16.1 Å². The van der Waals surface area contributed by atoms with Crippen molar-refractivity contribution in [2.45, 2.75) is 45.6 Å². The van der Waals surface area contributed by atoms with E-state index in [4.69, 9.17) is 5.84 Å². The first kappa shape index (κ1) is 14.6. The molecule has 0 saturated heterocycles. The molecule has 1 aliphatic heterocycles. The highest BCUT2D eigenvalue weighted by Crippen LogP contribution is 2.22. The lowest BCUT2D eigenvalue weighted by Crippen LogP contribution is -2.46. The number of nitrogens with one attached hydrogen (secondary N) is 3. The van der Waals surface area contributed by atoms with Crippen LogP contribution in [-0.4, -0.2) is 17.8 Å². The summed E-state index contributed by atoms with van der Waals surface area (Å²) < 4.78 is 0. The smallest absolute Gasteiger partial charge is 0.217 e. The largest absolute Gasteiger partial charge is 0.348 e. The summed E-state index contributed by atoms with van der Waals surface area (Å²) in [7, 11) is 0. The third kappa shape index (κ3) is 3.60. The van der Waals surface area contributed by atoms with E-state index in [9.17, 15) is 4.79 Å². The summed E-state index contributed by atoms with van der Waals surface area (Å²) in [4.78, 5) is 15.6. The second-order valence-corrected chi connectivity index (χ2v) is 5.41. The molecule has 0 aromatic rings. The van der Waals surface area contributed by atoms with Gasteiger partial charge in [-0.1, -0.05) is 13.0 Å². The molecular weight excluding hydrogens is 254 g/mol. The fourth-order valence-corrected chi connectivity index (χ4v) is 2.64. The number of allylic oxidation sites excluding steroid dienone is 2. The van der Waals surface area contributed by atoms with Crippen LogP contribution in [0, 0.1) is 5.92 Å². The van der Waals surface area contributed by atoms with Crippen LogP contribution in [0.4, 0.5) is 0 Å². The van der Waals surface area contributed by atoms with E-state index in [2.05, 4.69) is 34.1 Å². The number of hydrazine groups is 1. The number of hydrogen-bond acceptors (Lipinski definition) is 5. The molecule has 0 aromatic heterocycles. The Kier molecular flexibility index (Phi) is 4.79. The lowest BCUT2D eigenvalue weighted by Gasteiger charge is -2.30. The highest BCUT2D eigenvalue weighted by atomic mass is 16.1. The van der Waals surface area contributed by atoms with E-state index in [1.54, 1.807) is 0 Å². The predicted octanol–water partition coefficient (Wildman–Crippen LogP) is 0.892. The van der Waals surface area contributed by atoms with Gasteiger partial charge in [-0.2, -0.15) is 0 Å². The third-order valence-corrected chi connectivity index (χ3v) is 3.58. The lowest BCUT2D eigenvalue weighted by molar-refractivity contribution is -0.119. The second-order valence-electron chi connectivity index (χ2n) is 5.41. The van der Waals surface area contributed by atoms with Gasteiger partial charge in [0.15, 0.2) is 0 Å². The Bertz CT molecular complexity index is 466. The Morgan fingerprint density at radius 3 is 2.95 bits per heavy atom. The van der Waals surface area contributed by atoms with E-state index < -0.39 is 0 Å². The number of amidine groups is 1. The van der Waals surface area contributed by atoms with Gasteiger partial charge in [0.2, 0.25) is 5.91 Å². The molecule has 110 valence electrons. The van der Waals surface area contributed by atoms with Gasteiger partial charge in [-0.05, 0) is 25.2 Å². The fourth-order valence-electron chi connectivity index (χ4n) is 2.64. The van der Waals surface area contributed by atoms with Crippen LogP contribution in [0.25, 0.3) is 0 Å². The third-order valence-electron chi connectivity index (χ3n) is 3.58. The van der Waals surface area contributed by atoms with Crippen molar-refractivity contribution in [3.8, 4) is 0 Å². The summed E-state index contributed by atoms with van der Waals surface area (Å²) in [6.07, 6.45) is 7.63. The van der Waals surface area contributed by atoms with Crippen LogP contribution in [0.2, 0.25) is 0 Å². The predicted molar refractivity (Wildman–Crippen MR) is 79.3 cm³/mol. The highest BCUT2D eigenvalue weighted by molar-refractivity contribution is 5.85. The molecule has 2 unspecified atom stereocenters. The molecule has 6 heteroatoms. The molecule has 0 spiro atoms. The molecule has 6 nitrogen and oxygen atoms in total. The van der Waals surface area contributed by atoms with Crippen LogP contribution in [-0.2, 0) is 4.79 Å². The van der Waals surface area contributed by atoms with Gasteiger partial charge in [0.1, 0.15) is 5.84 Å². The fraction of sp³-hybridized carbons (Fsp3) is 0.571. The Morgan fingerprint density at radius 2 is 2.30 bits per heavy atom. The average Bonchev–Trinajstić information content (AvgIpc) is 2.38. The number of aliphatic imine (C=N–C) groups is 1. The van der Waals surface area contributed by atoms with E-state index in [0.29, 0.717) is 5.92 Å². The van der Waals surface area contributed by atoms with E-state index in [0.717, 1.165) is 42.9 Å². The van der Waals surface area contributed by atoms with Crippen LogP contribution < -0.4 is 21.9 Å². The summed E-state index contributed by atoms with van der Waals surface area (Å²) >= 11 is 0. The van der Waals surface area contributed by atoms with Gasteiger partial charge in [-0.3, -0.25) is 10.6 Å². The van der Waals surface area contributed by atoms with Gasteiger partial charge >= 0.3 is 0 Å². The lowest BCUT2D eigenvalue weighted by atomic mass is 9.95. The maximum absolute atomic E-state index is 11.3. The molecule has 0 saturated carbocycles. The van der Waals surface area contributed by atoms with Crippen molar-refractivity contribution < 1.29 is 4.79 Å². The number of amides is 1. The first-order valence-electron chi connectivity index (χ1n) is 7.07. The Balaban J connectivity index is 2.14. The first-order chi connectivity index (χ1) is 9.60. The molecule has 2 atom stereocenters. The van der Waals surface area contributed by atoms with Gasteiger partial charge in [-0.25, -0.2) is 4.99 Å². The first-order valence-corrected chi connectivity index (χ1v) is 7.07. The highest BCUT2D eigenvalue weighted by Gasteiger charge is 2.24. The topological polar surface area (TPSA) is 91.5 Å². The van der Waals surface area contributed by atoms with Crippen molar-refractivity contribution in [1.29, 1.82) is 0 Å². The minimum Gasteiger partial charge on any atom is -0.348 e. The average molecular weight is 277 g/mol. The van der Waals surface area contributed by atoms with E-state index >= 15 is 0 Å². The monoisotopic (exact) mass is 277 g/mol. The van der Waals surface area contributed by atoms with Gasteiger partial charge in [0.05, 0.1) is 11.7 Å². The molecule has 0 fully saturated rings. The van der Waals surface area contributed by atoms with Crippen LogP contribution >= 0.6 is 0 Å². The van der Waals surface area contributed by atoms with Crippen molar-refractivity contribution in [3.05, 3.63) is 23.7 Å². The van der Waals surface area contributed by atoms with Crippen LogP contribution in [0.15, 0.2) is 28.7 Å². The minimum atomic E-state index is -0.0501. The number of carbonyl (C=O) groups excluding carboxylic acids is 1. The quantitative estimate of drug-likeness (QED) is 0.455. The van der Waals surface area contributed by atoms with Gasteiger partial charge in [0.25, 0.3) is 0 Å². The molecular formula is C14H23N5O. The number of nitrogens with zero attached hydrogens (tertiary/aromatic N) is 1. The number of carbonyl (C=O) groups is 1. The van der Waals surface area contributed by atoms with Crippen molar-refractivity contribution in [3.63, 3.8) is 0 Å². The zero-order valence-corrected chi connectivity index (χ0v) is 12.1. The van der Waals surface area contributed by atoms with Gasteiger partial charge in [0, 0.05) is 25.2 Å². The molecule has 0 aromatic carbocycles. The van der Waals surface area contributed by atoms with E-state index in [1.165, 1.54) is 6.92 Å². The number of hydrogen-bond donors (Lipinski definition) is 4. The Labute approximate surface area is 119 Å².